The van der Waals surface area contributed by atoms with Crippen LogP contribution in [0.15, 0.2) is 30.3 Å². The minimum atomic E-state index is -0.392. The molecule has 7 nitrogen and oxygen atoms in total. The van der Waals surface area contributed by atoms with Crippen LogP contribution in [0.5, 0.6) is 0 Å². The molecule has 1 saturated heterocycles. The van der Waals surface area contributed by atoms with E-state index in [1.54, 1.807) is 19.2 Å². The Hall–Kier alpha value is -2.25. The van der Waals surface area contributed by atoms with Crippen LogP contribution < -0.4 is 10.6 Å². The van der Waals surface area contributed by atoms with E-state index in [1.807, 2.05) is 12.1 Å². The van der Waals surface area contributed by atoms with Crippen LogP contribution in [0.1, 0.15) is 12.8 Å². The minimum absolute atomic E-state index is 0.0822. The quantitative estimate of drug-likeness (QED) is 0.625. The Labute approximate surface area is 140 Å². The van der Waals surface area contributed by atoms with Gasteiger partial charge in [-0.1, -0.05) is 0 Å². The monoisotopic (exact) mass is 330 g/mol. The predicted octanol–water partition coefficient (Wildman–Crippen LogP) is 2.57. The smallest absolute Gasteiger partial charge is 0.270 e. The van der Waals surface area contributed by atoms with Gasteiger partial charge in [0.2, 0.25) is 0 Å². The van der Waals surface area contributed by atoms with Crippen molar-refractivity contribution >= 4 is 22.4 Å². The number of methoxy groups -OCH3 is 1. The number of aromatic nitrogens is 1. The van der Waals surface area contributed by atoms with Crippen LogP contribution in [0, 0.1) is 15.5 Å². The summed E-state index contributed by atoms with van der Waals surface area (Å²) in [4.78, 5) is 15.0. The number of rotatable bonds is 6. The molecule has 0 amide bonds. The summed E-state index contributed by atoms with van der Waals surface area (Å²) in [6, 6.07) is 8.45. The van der Waals surface area contributed by atoms with E-state index in [1.165, 1.54) is 6.07 Å². The van der Waals surface area contributed by atoms with E-state index < -0.39 is 4.92 Å². The maximum absolute atomic E-state index is 10.8. The molecule has 1 aromatic heterocycles. The van der Waals surface area contributed by atoms with Crippen molar-refractivity contribution in [1.29, 1.82) is 0 Å². The maximum atomic E-state index is 10.8. The minimum Gasteiger partial charge on any atom is -0.384 e. The molecule has 0 aliphatic carbocycles. The fourth-order valence-electron chi connectivity index (χ4n) is 3.24. The van der Waals surface area contributed by atoms with Gasteiger partial charge in [0, 0.05) is 36.6 Å². The molecule has 24 heavy (non-hydrogen) atoms. The first-order chi connectivity index (χ1) is 11.6. The summed E-state index contributed by atoms with van der Waals surface area (Å²) in [7, 11) is 1.74. The Morgan fingerprint density at radius 2 is 2.12 bits per heavy atom. The van der Waals surface area contributed by atoms with Crippen LogP contribution in [-0.2, 0) is 4.74 Å². The van der Waals surface area contributed by atoms with Crippen molar-refractivity contribution in [2.45, 2.75) is 12.8 Å². The molecule has 2 N–H and O–H groups in total. The number of nitrogens with zero attached hydrogens (tertiary/aromatic N) is 2. The zero-order valence-electron chi connectivity index (χ0n) is 13.7. The van der Waals surface area contributed by atoms with Crippen molar-refractivity contribution < 1.29 is 9.66 Å². The molecule has 2 heterocycles. The van der Waals surface area contributed by atoms with Gasteiger partial charge in [-0.15, -0.1) is 0 Å². The van der Waals surface area contributed by atoms with Crippen molar-refractivity contribution in [3.63, 3.8) is 0 Å². The molecule has 1 aromatic carbocycles. The molecule has 7 heteroatoms. The average Bonchev–Trinajstić information content (AvgIpc) is 2.60. The number of pyridine rings is 1. The third-order valence-corrected chi connectivity index (χ3v) is 4.64. The predicted molar refractivity (Wildman–Crippen MR) is 93.3 cm³/mol. The van der Waals surface area contributed by atoms with Crippen molar-refractivity contribution in [1.82, 2.24) is 10.3 Å². The highest BCUT2D eigenvalue weighted by molar-refractivity contribution is 5.82. The number of non-ortho nitro benzene ring substituents is 1. The van der Waals surface area contributed by atoms with Gasteiger partial charge in [0.1, 0.15) is 5.82 Å². The summed E-state index contributed by atoms with van der Waals surface area (Å²) < 4.78 is 5.43. The lowest BCUT2D eigenvalue weighted by atomic mass is 9.79. The Kier molecular flexibility index (Phi) is 4.92. The van der Waals surface area contributed by atoms with Gasteiger partial charge in [0.25, 0.3) is 5.69 Å². The Morgan fingerprint density at radius 3 is 2.83 bits per heavy atom. The first-order valence-electron chi connectivity index (χ1n) is 8.11. The fourth-order valence-corrected chi connectivity index (χ4v) is 3.24. The lowest BCUT2D eigenvalue weighted by Gasteiger charge is -2.37. The summed E-state index contributed by atoms with van der Waals surface area (Å²) >= 11 is 0. The van der Waals surface area contributed by atoms with Crippen LogP contribution in [0.4, 0.5) is 11.5 Å². The number of fused-ring (bicyclic) bond motifs is 1. The molecule has 0 unspecified atom stereocenters. The molecule has 0 radical (unpaired) electrons. The van der Waals surface area contributed by atoms with Crippen LogP contribution in [0.3, 0.4) is 0 Å². The summed E-state index contributed by atoms with van der Waals surface area (Å²) in [5, 5.41) is 18.4. The average molecular weight is 330 g/mol. The van der Waals surface area contributed by atoms with E-state index in [-0.39, 0.29) is 11.1 Å². The normalized spacial score (nSPS) is 16.9. The standard InChI is InChI=1S/C17H22N4O3/c1-24-12-17(6-8-18-9-7-17)11-19-16-5-2-13-10-14(21(22)23)3-4-15(13)20-16/h2-5,10,18H,6-9,11-12H2,1H3,(H,19,20). The van der Waals surface area contributed by atoms with Gasteiger partial charge in [-0.3, -0.25) is 10.1 Å². The summed E-state index contributed by atoms with van der Waals surface area (Å²) in [6.07, 6.45) is 2.13. The van der Waals surface area contributed by atoms with E-state index >= 15 is 0 Å². The highest BCUT2D eigenvalue weighted by Crippen LogP contribution is 2.30. The summed E-state index contributed by atoms with van der Waals surface area (Å²) in [5.74, 6) is 0.783. The number of hydrogen-bond donors (Lipinski definition) is 2. The number of nitro groups is 1. The molecule has 0 bridgehead atoms. The highest BCUT2D eigenvalue weighted by Gasteiger charge is 2.32. The van der Waals surface area contributed by atoms with Crippen molar-refractivity contribution in [3.05, 3.63) is 40.4 Å². The molecule has 1 aliphatic rings. The van der Waals surface area contributed by atoms with Crippen LogP contribution in [0.2, 0.25) is 0 Å². The van der Waals surface area contributed by atoms with E-state index in [2.05, 4.69) is 15.6 Å². The van der Waals surface area contributed by atoms with Gasteiger partial charge >= 0.3 is 0 Å². The number of benzene rings is 1. The zero-order chi connectivity index (χ0) is 17.0. The Morgan fingerprint density at radius 1 is 1.33 bits per heavy atom. The second-order valence-corrected chi connectivity index (χ2v) is 6.37. The number of nitrogens with one attached hydrogen (secondary N) is 2. The molecular formula is C17H22N4O3. The van der Waals surface area contributed by atoms with Crippen LogP contribution in [-0.4, -0.2) is 43.3 Å². The zero-order valence-corrected chi connectivity index (χ0v) is 13.7. The third-order valence-electron chi connectivity index (χ3n) is 4.64. The van der Waals surface area contributed by atoms with E-state index in [0.717, 1.165) is 55.8 Å². The summed E-state index contributed by atoms with van der Waals surface area (Å²) in [6.45, 7) is 3.52. The second-order valence-electron chi connectivity index (χ2n) is 6.37. The van der Waals surface area contributed by atoms with Gasteiger partial charge in [-0.25, -0.2) is 4.98 Å². The Balaban J connectivity index is 1.74. The van der Waals surface area contributed by atoms with Crippen molar-refractivity contribution in [2.75, 3.05) is 38.7 Å². The van der Waals surface area contributed by atoms with Gasteiger partial charge in [-0.2, -0.15) is 0 Å². The van der Waals surface area contributed by atoms with Gasteiger partial charge in [-0.05, 0) is 44.1 Å². The molecule has 2 aromatic rings. The first kappa shape index (κ1) is 16.6. The SMILES string of the molecule is COCC1(CNc2ccc3cc([N+](=O)[O-])ccc3n2)CCNCC1. The van der Waals surface area contributed by atoms with E-state index in [4.69, 9.17) is 4.74 Å². The van der Waals surface area contributed by atoms with Gasteiger partial charge < -0.3 is 15.4 Å². The molecule has 1 fully saturated rings. The van der Waals surface area contributed by atoms with Gasteiger partial charge in [0.15, 0.2) is 0 Å². The third kappa shape index (κ3) is 3.63. The van der Waals surface area contributed by atoms with Gasteiger partial charge in [0.05, 0.1) is 17.0 Å². The maximum Gasteiger partial charge on any atom is 0.270 e. The largest absolute Gasteiger partial charge is 0.384 e. The van der Waals surface area contributed by atoms with Crippen LogP contribution >= 0.6 is 0 Å². The highest BCUT2D eigenvalue weighted by atomic mass is 16.6. The lowest BCUT2D eigenvalue weighted by Crippen LogP contribution is -2.44. The molecule has 128 valence electrons. The topological polar surface area (TPSA) is 89.3 Å². The number of piperidine rings is 1. The van der Waals surface area contributed by atoms with Crippen molar-refractivity contribution in [3.8, 4) is 0 Å². The number of nitro benzene ring substituents is 1. The molecular weight excluding hydrogens is 308 g/mol. The number of anilines is 1. The molecule has 0 saturated carbocycles. The van der Waals surface area contributed by atoms with E-state index in [9.17, 15) is 10.1 Å². The molecule has 3 rings (SSSR count). The van der Waals surface area contributed by atoms with E-state index in [0.29, 0.717) is 0 Å². The second kappa shape index (κ2) is 7.11. The molecule has 1 aliphatic heterocycles. The molecule has 0 spiro atoms. The lowest BCUT2D eigenvalue weighted by molar-refractivity contribution is -0.384. The van der Waals surface area contributed by atoms with Crippen LogP contribution in [0.25, 0.3) is 10.9 Å². The summed E-state index contributed by atoms with van der Waals surface area (Å²) in [5.41, 5.74) is 0.946. The number of hydrogen-bond acceptors (Lipinski definition) is 6. The molecule has 0 atom stereocenters. The number of ether oxygens (including phenoxy) is 1. The van der Waals surface area contributed by atoms with Crippen molar-refractivity contribution in [2.24, 2.45) is 5.41 Å². The first-order valence-corrected chi connectivity index (χ1v) is 8.11. The fraction of sp³-hybridized carbons (Fsp3) is 0.471. The Bertz CT molecular complexity index is 723.